The van der Waals surface area contributed by atoms with Crippen LogP contribution in [-0.2, 0) is 6.54 Å². The highest BCUT2D eigenvalue weighted by atomic mass is 127. The minimum absolute atomic E-state index is 0. The van der Waals surface area contributed by atoms with Gasteiger partial charge in [-0.25, -0.2) is 4.99 Å². The molecule has 1 aliphatic rings. The first kappa shape index (κ1) is 23.4. The number of halogens is 1. The van der Waals surface area contributed by atoms with Crippen molar-refractivity contribution in [1.29, 1.82) is 0 Å². The molecule has 5 nitrogen and oxygen atoms in total. The second-order valence-electron chi connectivity index (χ2n) is 6.54. The van der Waals surface area contributed by atoms with Crippen LogP contribution in [0.15, 0.2) is 23.2 Å². The highest BCUT2D eigenvalue weighted by molar-refractivity contribution is 14.0. The number of benzene rings is 1. The highest BCUT2D eigenvalue weighted by Crippen LogP contribution is 2.27. The lowest BCUT2D eigenvalue weighted by Gasteiger charge is -2.23. The normalized spacial score (nSPS) is 19.8. The van der Waals surface area contributed by atoms with Crippen LogP contribution in [0.1, 0.15) is 37.8 Å². The zero-order chi connectivity index (χ0) is 18.1. The lowest BCUT2D eigenvalue weighted by atomic mass is 10.0. The van der Waals surface area contributed by atoms with Gasteiger partial charge >= 0.3 is 0 Å². The first-order valence-corrected chi connectivity index (χ1v) is 10.3. The van der Waals surface area contributed by atoms with Gasteiger partial charge in [0.2, 0.25) is 0 Å². The summed E-state index contributed by atoms with van der Waals surface area (Å²) < 4.78 is 5.86. The number of nitrogens with zero attached hydrogens (tertiary/aromatic N) is 1. The summed E-state index contributed by atoms with van der Waals surface area (Å²) in [5.74, 6) is 3.45. The zero-order valence-corrected chi connectivity index (χ0v) is 19.2. The molecule has 2 rings (SSSR count). The van der Waals surface area contributed by atoms with Crippen LogP contribution in [0.3, 0.4) is 0 Å². The maximum atomic E-state index is 10.5. The largest absolute Gasteiger partial charge is 0.493 e. The van der Waals surface area contributed by atoms with Gasteiger partial charge < -0.3 is 20.5 Å². The van der Waals surface area contributed by atoms with E-state index in [-0.39, 0.29) is 24.0 Å². The molecule has 0 radical (unpaired) electrons. The van der Waals surface area contributed by atoms with Gasteiger partial charge in [-0.1, -0.05) is 19.1 Å². The molecule has 0 aliphatic carbocycles. The van der Waals surface area contributed by atoms with Crippen molar-refractivity contribution in [3.63, 3.8) is 0 Å². The van der Waals surface area contributed by atoms with E-state index in [4.69, 9.17) is 4.74 Å². The van der Waals surface area contributed by atoms with E-state index in [0.717, 1.165) is 48.2 Å². The van der Waals surface area contributed by atoms with Crippen molar-refractivity contribution < 1.29 is 9.84 Å². The number of nitrogens with one attached hydrogen (secondary N) is 2. The smallest absolute Gasteiger partial charge is 0.191 e. The SMILES string of the molecule is CCCOc1cc(C)ccc1CN=C(NCC)NCC1(O)CCSC1.I. The fourth-order valence-electron chi connectivity index (χ4n) is 2.63. The molecule has 0 saturated carbocycles. The average molecular weight is 493 g/mol. The van der Waals surface area contributed by atoms with Crippen molar-refractivity contribution in [2.75, 3.05) is 31.2 Å². The molecule has 148 valence electrons. The quantitative estimate of drug-likeness (QED) is 0.295. The molecule has 1 saturated heterocycles. The van der Waals surface area contributed by atoms with Crippen LogP contribution >= 0.6 is 35.7 Å². The molecule has 1 unspecified atom stereocenters. The Bertz CT molecular complexity index is 578. The van der Waals surface area contributed by atoms with Gasteiger partial charge in [0.05, 0.1) is 18.8 Å². The summed E-state index contributed by atoms with van der Waals surface area (Å²) in [6.45, 7) is 8.78. The Morgan fingerprint density at radius 1 is 1.35 bits per heavy atom. The summed E-state index contributed by atoms with van der Waals surface area (Å²) >= 11 is 1.80. The molecule has 1 heterocycles. The number of aryl methyl sites for hydroxylation is 1. The maximum Gasteiger partial charge on any atom is 0.191 e. The molecular weight excluding hydrogens is 461 g/mol. The predicted molar refractivity (Wildman–Crippen MR) is 122 cm³/mol. The molecule has 0 aromatic heterocycles. The van der Waals surface area contributed by atoms with Crippen molar-refractivity contribution in [2.45, 2.75) is 45.8 Å². The number of hydrogen-bond donors (Lipinski definition) is 3. The molecular formula is C19H32IN3O2S. The van der Waals surface area contributed by atoms with Gasteiger partial charge in [-0.15, -0.1) is 24.0 Å². The number of thioether (sulfide) groups is 1. The lowest BCUT2D eigenvalue weighted by Crippen LogP contribution is -2.47. The Morgan fingerprint density at radius 2 is 2.15 bits per heavy atom. The van der Waals surface area contributed by atoms with Crippen LogP contribution in [0.4, 0.5) is 0 Å². The van der Waals surface area contributed by atoms with Crippen molar-refractivity contribution in [2.24, 2.45) is 4.99 Å². The van der Waals surface area contributed by atoms with Crippen molar-refractivity contribution in [3.05, 3.63) is 29.3 Å². The third kappa shape index (κ3) is 7.52. The molecule has 1 aromatic rings. The number of aliphatic imine (C=N–C) groups is 1. The van der Waals surface area contributed by atoms with E-state index in [0.29, 0.717) is 19.7 Å². The second-order valence-corrected chi connectivity index (χ2v) is 7.64. The van der Waals surface area contributed by atoms with Crippen molar-refractivity contribution in [1.82, 2.24) is 10.6 Å². The van der Waals surface area contributed by atoms with Crippen LogP contribution in [0.5, 0.6) is 5.75 Å². The topological polar surface area (TPSA) is 65.9 Å². The summed E-state index contributed by atoms with van der Waals surface area (Å²) in [6, 6.07) is 6.23. The fourth-order valence-corrected chi connectivity index (χ4v) is 3.92. The minimum Gasteiger partial charge on any atom is -0.493 e. The molecule has 3 N–H and O–H groups in total. The molecule has 1 aromatic carbocycles. The van der Waals surface area contributed by atoms with E-state index in [1.54, 1.807) is 11.8 Å². The summed E-state index contributed by atoms with van der Waals surface area (Å²) in [6.07, 6.45) is 1.81. The van der Waals surface area contributed by atoms with Crippen molar-refractivity contribution in [3.8, 4) is 5.75 Å². The Hall–Kier alpha value is -0.670. The lowest BCUT2D eigenvalue weighted by molar-refractivity contribution is 0.0724. The van der Waals surface area contributed by atoms with Crippen LogP contribution in [-0.4, -0.2) is 47.9 Å². The Kier molecular flexibility index (Phi) is 10.7. The number of ether oxygens (including phenoxy) is 1. The average Bonchev–Trinajstić information content (AvgIpc) is 3.03. The first-order valence-electron chi connectivity index (χ1n) is 9.11. The molecule has 1 atom stereocenters. The number of guanidine groups is 1. The fraction of sp³-hybridized carbons (Fsp3) is 0.632. The summed E-state index contributed by atoms with van der Waals surface area (Å²) in [4.78, 5) is 4.67. The summed E-state index contributed by atoms with van der Waals surface area (Å²) in [7, 11) is 0. The van der Waals surface area contributed by atoms with E-state index in [2.05, 4.69) is 47.7 Å². The van der Waals surface area contributed by atoms with Gasteiger partial charge in [0, 0.05) is 24.4 Å². The van der Waals surface area contributed by atoms with Gasteiger partial charge in [0.15, 0.2) is 5.96 Å². The zero-order valence-electron chi connectivity index (χ0n) is 16.0. The van der Waals surface area contributed by atoms with E-state index in [9.17, 15) is 5.11 Å². The second kappa shape index (κ2) is 11.9. The molecule has 0 spiro atoms. The van der Waals surface area contributed by atoms with Crippen LogP contribution in [0.25, 0.3) is 0 Å². The van der Waals surface area contributed by atoms with Crippen LogP contribution in [0.2, 0.25) is 0 Å². The Labute approximate surface area is 178 Å². The molecule has 1 fully saturated rings. The first-order chi connectivity index (χ1) is 12.1. The Morgan fingerprint density at radius 3 is 2.81 bits per heavy atom. The molecule has 0 bridgehead atoms. The van der Waals surface area contributed by atoms with E-state index >= 15 is 0 Å². The number of hydrogen-bond acceptors (Lipinski definition) is 4. The molecule has 26 heavy (non-hydrogen) atoms. The van der Waals surface area contributed by atoms with Gasteiger partial charge in [0.25, 0.3) is 0 Å². The Balaban J connectivity index is 0.00000338. The van der Waals surface area contributed by atoms with Gasteiger partial charge in [0.1, 0.15) is 5.75 Å². The predicted octanol–water partition coefficient (Wildman–Crippen LogP) is 3.32. The summed E-state index contributed by atoms with van der Waals surface area (Å²) in [5.41, 5.74) is 1.64. The van der Waals surface area contributed by atoms with Gasteiger partial charge in [-0.2, -0.15) is 11.8 Å². The van der Waals surface area contributed by atoms with E-state index in [1.807, 2.05) is 6.92 Å². The van der Waals surface area contributed by atoms with Crippen molar-refractivity contribution >= 4 is 41.7 Å². The molecule has 0 amide bonds. The minimum atomic E-state index is -0.625. The third-order valence-corrected chi connectivity index (χ3v) is 5.34. The highest BCUT2D eigenvalue weighted by Gasteiger charge is 2.31. The van der Waals surface area contributed by atoms with Crippen LogP contribution < -0.4 is 15.4 Å². The monoisotopic (exact) mass is 493 g/mol. The standard InChI is InChI=1S/C19H31N3O2S.HI/c1-4-9-24-17-11-15(3)6-7-16(17)12-21-18(20-5-2)22-13-19(23)8-10-25-14-19;/h6-7,11,23H,4-5,8-10,12-14H2,1-3H3,(H2,20,21,22);1H. The van der Waals surface area contributed by atoms with Crippen LogP contribution in [0, 0.1) is 6.92 Å². The summed E-state index contributed by atoms with van der Waals surface area (Å²) in [5, 5.41) is 17.0. The van der Waals surface area contributed by atoms with E-state index in [1.165, 1.54) is 5.56 Å². The third-order valence-electron chi connectivity index (χ3n) is 4.10. The number of aliphatic hydroxyl groups is 1. The molecule has 1 aliphatic heterocycles. The van der Waals surface area contributed by atoms with Gasteiger partial charge in [-0.3, -0.25) is 0 Å². The van der Waals surface area contributed by atoms with E-state index < -0.39 is 5.60 Å². The number of rotatable bonds is 8. The molecule has 7 heteroatoms. The van der Waals surface area contributed by atoms with Gasteiger partial charge in [-0.05, 0) is 44.1 Å². The maximum absolute atomic E-state index is 10.5.